The van der Waals surface area contributed by atoms with Crippen molar-refractivity contribution in [1.82, 2.24) is 5.32 Å². The molecule has 0 atom stereocenters. The van der Waals surface area contributed by atoms with Gasteiger partial charge in [-0.3, -0.25) is 0 Å². The molecule has 4 nitrogen and oxygen atoms in total. The number of halogens is 1. The lowest BCUT2D eigenvalue weighted by molar-refractivity contribution is 0.140. The predicted octanol–water partition coefficient (Wildman–Crippen LogP) is 3.80. The third-order valence-electron chi connectivity index (χ3n) is 2.64. The van der Waals surface area contributed by atoms with E-state index in [9.17, 15) is 4.79 Å². The van der Waals surface area contributed by atoms with Gasteiger partial charge in [0, 0.05) is 22.2 Å². The van der Waals surface area contributed by atoms with Crippen LogP contribution >= 0.6 is 15.9 Å². The van der Waals surface area contributed by atoms with Gasteiger partial charge in [-0.1, -0.05) is 15.9 Å². The van der Waals surface area contributed by atoms with Crippen LogP contribution in [-0.4, -0.2) is 31.3 Å². The van der Waals surface area contributed by atoms with E-state index >= 15 is 0 Å². The quantitative estimate of drug-likeness (QED) is 0.884. The van der Waals surface area contributed by atoms with E-state index < -0.39 is 0 Å². The monoisotopic (exact) mass is 342 g/mol. The van der Waals surface area contributed by atoms with Crippen molar-refractivity contribution in [3.8, 4) is 0 Å². The van der Waals surface area contributed by atoms with E-state index in [1.807, 2.05) is 45.0 Å². The maximum Gasteiger partial charge on any atom is 0.407 e. The number of anilines is 1. The number of amides is 1. The summed E-state index contributed by atoms with van der Waals surface area (Å²) in [5, 5.41) is 2.77. The highest BCUT2D eigenvalue weighted by Gasteiger charge is 2.14. The molecule has 0 aromatic heterocycles. The molecule has 0 saturated heterocycles. The van der Waals surface area contributed by atoms with Gasteiger partial charge in [-0.2, -0.15) is 0 Å². The molecule has 0 radical (unpaired) electrons. The summed E-state index contributed by atoms with van der Waals surface area (Å²) in [6, 6.07) is 8.10. The molecule has 0 aliphatic carbocycles. The molecule has 0 bridgehead atoms. The normalized spacial score (nSPS) is 11.1. The van der Waals surface area contributed by atoms with Gasteiger partial charge in [0.15, 0.2) is 0 Å². The smallest absolute Gasteiger partial charge is 0.407 e. The zero-order chi connectivity index (χ0) is 15.2. The number of hydrogen-bond donors (Lipinski definition) is 1. The second-order valence-corrected chi connectivity index (χ2v) is 6.48. The van der Waals surface area contributed by atoms with Gasteiger partial charge < -0.3 is 15.0 Å². The highest BCUT2D eigenvalue weighted by molar-refractivity contribution is 9.10. The highest BCUT2D eigenvalue weighted by Crippen LogP contribution is 2.17. The largest absolute Gasteiger partial charge is 0.448 e. The Bertz CT molecular complexity index is 426. The van der Waals surface area contributed by atoms with Crippen molar-refractivity contribution in [3.05, 3.63) is 28.7 Å². The van der Waals surface area contributed by atoms with E-state index in [4.69, 9.17) is 4.74 Å². The average molecular weight is 343 g/mol. The van der Waals surface area contributed by atoms with Crippen LogP contribution in [0.15, 0.2) is 28.7 Å². The lowest BCUT2D eigenvalue weighted by atomic mass is 10.1. The summed E-state index contributed by atoms with van der Waals surface area (Å²) in [5.74, 6) is 0. The Morgan fingerprint density at radius 2 is 1.90 bits per heavy atom. The van der Waals surface area contributed by atoms with Gasteiger partial charge in [-0.15, -0.1) is 0 Å². The van der Waals surface area contributed by atoms with Gasteiger partial charge in [-0.05, 0) is 52.0 Å². The van der Waals surface area contributed by atoms with Crippen molar-refractivity contribution in [2.24, 2.45) is 0 Å². The van der Waals surface area contributed by atoms with Crippen molar-refractivity contribution in [2.45, 2.75) is 33.2 Å². The van der Waals surface area contributed by atoms with Crippen LogP contribution in [0.4, 0.5) is 10.5 Å². The summed E-state index contributed by atoms with van der Waals surface area (Å²) >= 11 is 3.42. The number of rotatable bonds is 5. The van der Waals surface area contributed by atoms with Gasteiger partial charge in [0.25, 0.3) is 0 Å². The number of hydrogen-bond acceptors (Lipinski definition) is 3. The van der Waals surface area contributed by atoms with Crippen molar-refractivity contribution in [3.63, 3.8) is 0 Å². The molecule has 1 N–H and O–H groups in total. The molecule has 1 aromatic rings. The van der Waals surface area contributed by atoms with Crippen LogP contribution in [0.25, 0.3) is 0 Å². The number of likely N-dealkylation sites (N-methyl/N-ethyl adjacent to an activating group) is 1. The summed E-state index contributed by atoms with van der Waals surface area (Å²) in [6.45, 7) is 9.77. The number of ether oxygens (including phenoxy) is 1. The number of benzene rings is 1. The molecule has 0 spiro atoms. The highest BCUT2D eigenvalue weighted by atomic mass is 79.9. The van der Waals surface area contributed by atoms with Gasteiger partial charge in [0.05, 0.1) is 6.54 Å². The minimum absolute atomic E-state index is 0.271. The second kappa shape index (κ2) is 7.53. The first-order valence-corrected chi connectivity index (χ1v) is 7.56. The maximum atomic E-state index is 11.6. The first kappa shape index (κ1) is 16.8. The summed E-state index contributed by atoms with van der Waals surface area (Å²) < 4.78 is 6.25. The summed E-state index contributed by atoms with van der Waals surface area (Å²) in [4.78, 5) is 13.7. The lowest BCUT2D eigenvalue weighted by Crippen LogP contribution is -2.41. The van der Waals surface area contributed by atoms with E-state index in [1.165, 1.54) is 0 Å². The molecule has 0 saturated carbocycles. The molecule has 5 heteroatoms. The fourth-order valence-electron chi connectivity index (χ4n) is 1.71. The van der Waals surface area contributed by atoms with Crippen LogP contribution in [0, 0.1) is 0 Å². The summed E-state index contributed by atoms with van der Waals surface area (Å²) in [5.41, 5.74) is 0.850. The van der Waals surface area contributed by atoms with Crippen LogP contribution in [-0.2, 0) is 4.74 Å². The molecule has 1 aromatic carbocycles. The number of carbonyl (C=O) groups excluding carboxylic acids is 1. The molecule has 0 fully saturated rings. The fraction of sp³-hybridized carbons (Fsp3) is 0.533. The van der Waals surface area contributed by atoms with Crippen molar-refractivity contribution >= 4 is 27.7 Å². The van der Waals surface area contributed by atoms with Crippen LogP contribution in [0.2, 0.25) is 0 Å². The Morgan fingerprint density at radius 3 is 2.40 bits per heavy atom. The van der Waals surface area contributed by atoms with Gasteiger partial charge in [-0.25, -0.2) is 4.79 Å². The number of nitrogens with one attached hydrogen (secondary N) is 1. The minimum atomic E-state index is -0.371. The van der Waals surface area contributed by atoms with Crippen LogP contribution in [0.5, 0.6) is 0 Å². The molecule has 0 aliphatic heterocycles. The Hall–Kier alpha value is -1.23. The molecule has 0 heterocycles. The molecule has 1 amide bonds. The van der Waals surface area contributed by atoms with Crippen molar-refractivity contribution in [2.75, 3.05) is 24.6 Å². The van der Waals surface area contributed by atoms with Crippen molar-refractivity contribution in [1.29, 1.82) is 0 Å². The standard InChI is InChI=1S/C15H23BrN2O2/c1-5-18(13-8-6-12(16)7-9-13)10-11-20-14(19)17-15(2,3)4/h6-9H,5,10-11H2,1-4H3,(H,17,19). The average Bonchev–Trinajstić information content (AvgIpc) is 2.34. The van der Waals surface area contributed by atoms with E-state index in [1.54, 1.807) is 0 Å². The van der Waals surface area contributed by atoms with Crippen LogP contribution in [0.1, 0.15) is 27.7 Å². The molecule has 112 valence electrons. The summed E-state index contributed by atoms with van der Waals surface area (Å²) in [7, 11) is 0. The molecule has 20 heavy (non-hydrogen) atoms. The molecule has 1 rings (SSSR count). The topological polar surface area (TPSA) is 41.6 Å². The SMILES string of the molecule is CCN(CCOC(=O)NC(C)(C)C)c1ccc(Br)cc1. The van der Waals surface area contributed by atoms with E-state index in [-0.39, 0.29) is 11.6 Å². The maximum absolute atomic E-state index is 11.6. The van der Waals surface area contributed by atoms with E-state index in [0.29, 0.717) is 13.2 Å². The summed E-state index contributed by atoms with van der Waals surface area (Å²) in [6.07, 6.45) is -0.371. The second-order valence-electron chi connectivity index (χ2n) is 5.57. The van der Waals surface area contributed by atoms with Crippen molar-refractivity contribution < 1.29 is 9.53 Å². The first-order valence-electron chi connectivity index (χ1n) is 6.77. The number of alkyl carbamates (subject to hydrolysis) is 1. The van der Waals surface area contributed by atoms with E-state index in [2.05, 4.69) is 33.1 Å². The predicted molar refractivity (Wildman–Crippen MR) is 86.3 cm³/mol. The molecular formula is C15H23BrN2O2. The Kier molecular flexibility index (Phi) is 6.33. The number of carbonyl (C=O) groups is 1. The fourth-order valence-corrected chi connectivity index (χ4v) is 1.98. The Balaban J connectivity index is 2.42. The molecule has 0 aliphatic rings. The van der Waals surface area contributed by atoms with Gasteiger partial charge in [0.2, 0.25) is 0 Å². The van der Waals surface area contributed by atoms with E-state index in [0.717, 1.165) is 16.7 Å². The zero-order valence-electron chi connectivity index (χ0n) is 12.6. The van der Waals surface area contributed by atoms with Crippen LogP contribution in [0.3, 0.4) is 0 Å². The lowest BCUT2D eigenvalue weighted by Gasteiger charge is -2.24. The van der Waals surface area contributed by atoms with Crippen LogP contribution < -0.4 is 10.2 Å². The third kappa shape index (κ3) is 6.28. The first-order chi connectivity index (χ1) is 9.31. The number of nitrogens with zero attached hydrogens (tertiary/aromatic N) is 1. The molecular weight excluding hydrogens is 320 g/mol. The van der Waals surface area contributed by atoms with Gasteiger partial charge in [0.1, 0.15) is 6.61 Å². The minimum Gasteiger partial charge on any atom is -0.448 e. The van der Waals surface area contributed by atoms with Gasteiger partial charge >= 0.3 is 6.09 Å². The zero-order valence-corrected chi connectivity index (χ0v) is 14.2. The Morgan fingerprint density at radius 1 is 1.30 bits per heavy atom. The third-order valence-corrected chi connectivity index (χ3v) is 3.17. The molecule has 0 unspecified atom stereocenters. The Labute approximate surface area is 129 Å².